The van der Waals surface area contributed by atoms with E-state index in [-0.39, 0.29) is 10.8 Å². The first-order chi connectivity index (χ1) is 13.0. The Labute approximate surface area is 155 Å². The highest BCUT2D eigenvalue weighted by molar-refractivity contribution is 7.93. The molecule has 2 aromatic rings. The van der Waals surface area contributed by atoms with Crippen molar-refractivity contribution in [1.82, 2.24) is 10.3 Å². The van der Waals surface area contributed by atoms with Crippen molar-refractivity contribution < 1.29 is 18.0 Å². The van der Waals surface area contributed by atoms with Gasteiger partial charge in [-0.2, -0.15) is 0 Å². The molecule has 2 amide bonds. The molecule has 1 aromatic heterocycles. The molecule has 1 N–H and O–H groups in total. The summed E-state index contributed by atoms with van der Waals surface area (Å²) >= 11 is 0. The molecule has 1 fully saturated rings. The van der Waals surface area contributed by atoms with E-state index in [9.17, 15) is 18.0 Å². The molecule has 1 aromatic carbocycles. The summed E-state index contributed by atoms with van der Waals surface area (Å²) < 4.78 is 28.2. The molecular weight excluding hydrogens is 366 g/mol. The number of carbonyl (C=O) groups is 2. The first-order valence-electron chi connectivity index (χ1n) is 8.60. The molecular formula is C19H15N3O4S. The number of nitrogens with one attached hydrogen (secondary N) is 1. The Morgan fingerprint density at radius 3 is 2.59 bits per heavy atom. The van der Waals surface area contributed by atoms with Crippen LogP contribution in [-0.4, -0.2) is 31.3 Å². The molecule has 3 atom stereocenters. The highest BCUT2D eigenvalue weighted by Gasteiger charge is 2.56. The quantitative estimate of drug-likeness (QED) is 0.792. The summed E-state index contributed by atoms with van der Waals surface area (Å²) in [5.74, 6) is -1.80. The van der Waals surface area contributed by atoms with Gasteiger partial charge in [-0.15, -0.1) is 0 Å². The minimum atomic E-state index is -3.96. The Balaban J connectivity index is 1.74. The number of pyridine rings is 1. The number of nitrogens with zero attached hydrogens (tertiary/aromatic N) is 2. The molecule has 8 heteroatoms. The second kappa shape index (κ2) is 5.50. The average Bonchev–Trinajstić information content (AvgIpc) is 3.17. The van der Waals surface area contributed by atoms with E-state index < -0.39 is 33.8 Å². The monoisotopic (exact) mass is 381 g/mol. The van der Waals surface area contributed by atoms with E-state index in [2.05, 4.69) is 10.3 Å². The fourth-order valence-electron chi connectivity index (χ4n) is 4.27. The normalized spacial score (nSPS) is 26.1. The molecule has 3 aliphatic rings. The first-order valence-corrected chi connectivity index (χ1v) is 10.0. The standard InChI is InChI=1S/C19H15N3O4S/c23-18-14-9-8-12-13-7-4-10-20-17(13)22(16(12)15(14)19(24)21-18)27(25,26)11-5-2-1-3-6-11/h1-8,10,14-16H,9H2,(H,21,23,24)/t14-,15-,16+/m0/s1. The van der Waals surface area contributed by atoms with Gasteiger partial charge in [-0.25, -0.2) is 17.7 Å². The van der Waals surface area contributed by atoms with Crippen LogP contribution >= 0.6 is 0 Å². The van der Waals surface area contributed by atoms with E-state index >= 15 is 0 Å². The first kappa shape index (κ1) is 16.2. The number of benzene rings is 1. The van der Waals surface area contributed by atoms with Crippen molar-refractivity contribution in [3.8, 4) is 0 Å². The van der Waals surface area contributed by atoms with Gasteiger partial charge in [0, 0.05) is 11.8 Å². The summed E-state index contributed by atoms with van der Waals surface area (Å²) in [5.41, 5.74) is 1.43. The summed E-state index contributed by atoms with van der Waals surface area (Å²) in [4.78, 5) is 29.1. The van der Waals surface area contributed by atoms with E-state index in [0.29, 0.717) is 17.8 Å². The number of aromatic nitrogens is 1. The van der Waals surface area contributed by atoms with Crippen molar-refractivity contribution in [1.29, 1.82) is 0 Å². The molecule has 7 nitrogen and oxygen atoms in total. The van der Waals surface area contributed by atoms with Crippen molar-refractivity contribution >= 4 is 33.2 Å². The molecule has 1 saturated heterocycles. The van der Waals surface area contributed by atoms with E-state index in [0.717, 1.165) is 5.57 Å². The number of amides is 2. The molecule has 136 valence electrons. The SMILES string of the molecule is O=C1NC(=O)[C@H]2CC=C3c4cccnc4N(S(=O)(=O)c4ccccc4)[C@H]3[C@@H]12. The van der Waals surface area contributed by atoms with Crippen molar-refractivity contribution in [3.05, 3.63) is 60.3 Å². The molecule has 1 aliphatic carbocycles. The number of allylic oxidation sites excluding steroid dienone is 1. The Morgan fingerprint density at radius 2 is 1.81 bits per heavy atom. The topological polar surface area (TPSA) is 96.4 Å². The van der Waals surface area contributed by atoms with Gasteiger partial charge in [-0.05, 0) is 36.3 Å². The van der Waals surface area contributed by atoms with Gasteiger partial charge in [-0.1, -0.05) is 24.3 Å². The van der Waals surface area contributed by atoms with Crippen molar-refractivity contribution in [2.24, 2.45) is 11.8 Å². The van der Waals surface area contributed by atoms with E-state index in [1.165, 1.54) is 22.6 Å². The van der Waals surface area contributed by atoms with Crippen LogP contribution < -0.4 is 9.62 Å². The van der Waals surface area contributed by atoms with Crippen LogP contribution in [0.5, 0.6) is 0 Å². The number of rotatable bonds is 2. The average molecular weight is 381 g/mol. The van der Waals surface area contributed by atoms with Gasteiger partial charge in [-0.3, -0.25) is 14.9 Å². The summed E-state index contributed by atoms with van der Waals surface area (Å²) in [7, 11) is -3.96. The van der Waals surface area contributed by atoms with Gasteiger partial charge in [0.25, 0.3) is 10.0 Å². The zero-order chi connectivity index (χ0) is 18.8. The largest absolute Gasteiger partial charge is 0.296 e. The maximum atomic E-state index is 13.5. The van der Waals surface area contributed by atoms with Crippen molar-refractivity contribution in [2.45, 2.75) is 17.4 Å². The Bertz CT molecular complexity index is 1110. The molecule has 0 radical (unpaired) electrons. The fraction of sp³-hybridized carbons (Fsp3) is 0.211. The third-order valence-corrected chi connectivity index (χ3v) is 7.21. The predicted molar refractivity (Wildman–Crippen MR) is 96.9 cm³/mol. The van der Waals surface area contributed by atoms with Gasteiger partial charge in [0.2, 0.25) is 11.8 Å². The lowest BCUT2D eigenvalue weighted by Crippen LogP contribution is -2.47. The minimum Gasteiger partial charge on any atom is -0.296 e. The highest BCUT2D eigenvalue weighted by Crippen LogP contribution is 2.50. The third-order valence-electron chi connectivity index (χ3n) is 5.43. The van der Waals surface area contributed by atoms with Crippen LogP contribution in [0, 0.1) is 11.8 Å². The molecule has 0 bridgehead atoms. The lowest BCUT2D eigenvalue weighted by Gasteiger charge is -2.33. The highest BCUT2D eigenvalue weighted by atomic mass is 32.2. The second-order valence-electron chi connectivity index (χ2n) is 6.81. The summed E-state index contributed by atoms with van der Waals surface area (Å²) in [6.45, 7) is 0. The Kier molecular flexibility index (Phi) is 3.30. The van der Waals surface area contributed by atoms with Crippen LogP contribution in [0.4, 0.5) is 5.82 Å². The second-order valence-corrected chi connectivity index (χ2v) is 8.63. The van der Waals surface area contributed by atoms with Gasteiger partial charge < -0.3 is 0 Å². The lowest BCUT2D eigenvalue weighted by atomic mass is 9.77. The van der Waals surface area contributed by atoms with Crippen molar-refractivity contribution in [2.75, 3.05) is 4.31 Å². The third kappa shape index (κ3) is 2.13. The number of imide groups is 1. The summed E-state index contributed by atoms with van der Waals surface area (Å²) in [5, 5.41) is 2.36. The zero-order valence-electron chi connectivity index (χ0n) is 14.1. The number of carbonyl (C=O) groups excluding carboxylic acids is 2. The van der Waals surface area contributed by atoms with E-state index in [1.807, 2.05) is 6.08 Å². The maximum Gasteiger partial charge on any atom is 0.266 e. The van der Waals surface area contributed by atoms with Crippen molar-refractivity contribution in [3.63, 3.8) is 0 Å². The molecule has 5 rings (SSSR count). The van der Waals surface area contributed by atoms with E-state index in [4.69, 9.17) is 0 Å². The lowest BCUT2D eigenvalue weighted by molar-refractivity contribution is -0.126. The number of sulfonamides is 1. The zero-order valence-corrected chi connectivity index (χ0v) is 14.9. The van der Waals surface area contributed by atoms with Crippen LogP contribution in [0.25, 0.3) is 5.57 Å². The smallest absolute Gasteiger partial charge is 0.266 e. The van der Waals surface area contributed by atoms with E-state index in [1.54, 1.807) is 30.3 Å². The van der Waals surface area contributed by atoms with Crippen LogP contribution in [0.1, 0.15) is 12.0 Å². The Hall–Kier alpha value is -3.00. The number of hydrogen-bond acceptors (Lipinski definition) is 5. The number of hydrogen-bond donors (Lipinski definition) is 1. The van der Waals surface area contributed by atoms with Gasteiger partial charge in [0.05, 0.1) is 22.8 Å². The molecule has 0 unspecified atom stereocenters. The molecule has 3 heterocycles. The maximum absolute atomic E-state index is 13.5. The van der Waals surface area contributed by atoms with Gasteiger partial charge in [0.15, 0.2) is 5.82 Å². The molecule has 2 aliphatic heterocycles. The molecule has 27 heavy (non-hydrogen) atoms. The van der Waals surface area contributed by atoms with Crippen LogP contribution in [0.2, 0.25) is 0 Å². The van der Waals surface area contributed by atoms with Crippen LogP contribution in [0.3, 0.4) is 0 Å². The van der Waals surface area contributed by atoms with Gasteiger partial charge in [0.1, 0.15) is 0 Å². The summed E-state index contributed by atoms with van der Waals surface area (Å²) in [6, 6.07) is 10.8. The number of fused-ring (bicyclic) bond motifs is 5. The molecule has 0 spiro atoms. The number of anilines is 1. The Morgan fingerprint density at radius 1 is 1.04 bits per heavy atom. The fourth-order valence-corrected chi connectivity index (χ4v) is 5.91. The molecule has 0 saturated carbocycles. The summed E-state index contributed by atoms with van der Waals surface area (Å²) in [6.07, 6.45) is 3.80. The van der Waals surface area contributed by atoms with Crippen LogP contribution in [-0.2, 0) is 19.6 Å². The van der Waals surface area contributed by atoms with Crippen LogP contribution in [0.15, 0.2) is 59.6 Å². The predicted octanol–water partition coefficient (Wildman–Crippen LogP) is 1.33. The van der Waals surface area contributed by atoms with Gasteiger partial charge >= 0.3 is 0 Å². The minimum absolute atomic E-state index is 0.120.